The van der Waals surface area contributed by atoms with Crippen LogP contribution >= 0.6 is 0 Å². The van der Waals surface area contributed by atoms with Crippen molar-refractivity contribution in [2.75, 3.05) is 11.9 Å². The van der Waals surface area contributed by atoms with Crippen LogP contribution in [0.4, 0.5) is 5.95 Å². The fraction of sp³-hybridized carbons (Fsp3) is 0.688. The molecule has 0 amide bonds. The summed E-state index contributed by atoms with van der Waals surface area (Å²) >= 11 is 0. The summed E-state index contributed by atoms with van der Waals surface area (Å²) in [5.41, 5.74) is 1.09. The fourth-order valence-corrected chi connectivity index (χ4v) is 3.19. The lowest BCUT2D eigenvalue weighted by Crippen LogP contribution is -2.31. The van der Waals surface area contributed by atoms with Gasteiger partial charge < -0.3 is 10.1 Å². The highest BCUT2D eigenvalue weighted by atomic mass is 16.5. The predicted octanol–water partition coefficient (Wildman–Crippen LogP) is 3.20. The maximum atomic E-state index is 11.7. The molecule has 1 fully saturated rings. The second kappa shape index (κ2) is 6.87. The third kappa shape index (κ3) is 4.16. The van der Waals surface area contributed by atoms with Crippen molar-refractivity contribution < 1.29 is 9.53 Å². The molecule has 1 aliphatic rings. The van der Waals surface area contributed by atoms with Crippen LogP contribution < -0.4 is 5.32 Å². The van der Waals surface area contributed by atoms with Gasteiger partial charge >= 0.3 is 5.97 Å². The Bertz CT molecular complexity index is 494. The molecule has 116 valence electrons. The lowest BCUT2D eigenvalue weighted by atomic mass is 9.80. The van der Waals surface area contributed by atoms with Crippen molar-refractivity contribution in [1.29, 1.82) is 0 Å². The number of aryl methyl sites for hydroxylation is 1. The Hall–Kier alpha value is -1.65. The normalized spacial score (nSPS) is 25.4. The summed E-state index contributed by atoms with van der Waals surface area (Å²) in [6.07, 6.45) is 5.14. The van der Waals surface area contributed by atoms with E-state index in [0.717, 1.165) is 24.7 Å². The number of hydrogen-bond donors (Lipinski definition) is 1. The van der Waals surface area contributed by atoms with Gasteiger partial charge in [-0.25, -0.2) is 14.8 Å². The van der Waals surface area contributed by atoms with Gasteiger partial charge in [-0.05, 0) is 44.9 Å². The van der Waals surface area contributed by atoms with Crippen LogP contribution in [0.25, 0.3) is 0 Å². The van der Waals surface area contributed by atoms with Crippen LogP contribution in [-0.4, -0.2) is 28.6 Å². The van der Waals surface area contributed by atoms with Crippen LogP contribution in [0.2, 0.25) is 0 Å². The van der Waals surface area contributed by atoms with Gasteiger partial charge in [0.25, 0.3) is 0 Å². The first-order valence-electron chi connectivity index (χ1n) is 7.76. The molecule has 0 aliphatic heterocycles. The molecule has 1 N–H and O–H groups in total. The van der Waals surface area contributed by atoms with Crippen LogP contribution in [0, 0.1) is 18.8 Å². The molecule has 0 aromatic carbocycles. The molecule has 1 heterocycles. The van der Waals surface area contributed by atoms with Crippen molar-refractivity contribution in [3.63, 3.8) is 0 Å². The summed E-state index contributed by atoms with van der Waals surface area (Å²) in [4.78, 5) is 20.4. The smallest absolute Gasteiger partial charge is 0.341 e. The molecular formula is C16H25N3O2. The number of carbonyl (C=O) groups is 1. The predicted molar refractivity (Wildman–Crippen MR) is 82.3 cm³/mol. The third-order valence-corrected chi connectivity index (χ3v) is 3.99. The molecular weight excluding hydrogens is 266 g/mol. The first-order chi connectivity index (χ1) is 9.99. The molecule has 0 radical (unpaired) electrons. The van der Waals surface area contributed by atoms with E-state index in [9.17, 15) is 4.79 Å². The summed E-state index contributed by atoms with van der Waals surface area (Å²) in [5, 5.41) is 3.41. The number of carbonyl (C=O) groups excluding carboxylic acids is 1. The van der Waals surface area contributed by atoms with Crippen molar-refractivity contribution >= 4 is 11.9 Å². The Balaban J connectivity index is 2.04. The van der Waals surface area contributed by atoms with Gasteiger partial charge in [-0.15, -0.1) is 0 Å². The van der Waals surface area contributed by atoms with Crippen LogP contribution in [0.5, 0.6) is 0 Å². The van der Waals surface area contributed by atoms with Crippen LogP contribution in [0.15, 0.2) is 6.20 Å². The van der Waals surface area contributed by atoms with E-state index in [4.69, 9.17) is 4.74 Å². The summed E-state index contributed by atoms with van der Waals surface area (Å²) in [6, 6.07) is 0.414. The Morgan fingerprint density at radius 1 is 1.33 bits per heavy atom. The topological polar surface area (TPSA) is 64.1 Å². The van der Waals surface area contributed by atoms with E-state index in [1.165, 1.54) is 6.42 Å². The average molecular weight is 291 g/mol. The van der Waals surface area contributed by atoms with E-state index in [-0.39, 0.29) is 5.97 Å². The van der Waals surface area contributed by atoms with Crippen molar-refractivity contribution in [3.8, 4) is 0 Å². The van der Waals surface area contributed by atoms with Crippen molar-refractivity contribution in [1.82, 2.24) is 9.97 Å². The highest BCUT2D eigenvalue weighted by Gasteiger charge is 2.24. The highest BCUT2D eigenvalue weighted by Crippen LogP contribution is 2.29. The number of aromatic nitrogens is 2. The second-order valence-corrected chi connectivity index (χ2v) is 6.17. The zero-order valence-electron chi connectivity index (χ0n) is 13.3. The molecule has 0 bridgehead atoms. The fourth-order valence-electron chi connectivity index (χ4n) is 3.19. The second-order valence-electron chi connectivity index (χ2n) is 6.17. The molecule has 21 heavy (non-hydrogen) atoms. The van der Waals surface area contributed by atoms with Gasteiger partial charge in [-0.1, -0.05) is 13.8 Å². The molecule has 0 saturated heterocycles. The van der Waals surface area contributed by atoms with Crippen molar-refractivity contribution in [3.05, 3.63) is 17.5 Å². The molecule has 5 heteroatoms. The van der Waals surface area contributed by atoms with Gasteiger partial charge in [0.15, 0.2) is 0 Å². The Morgan fingerprint density at radius 2 is 2.00 bits per heavy atom. The van der Waals surface area contributed by atoms with Crippen LogP contribution in [0.3, 0.4) is 0 Å². The monoisotopic (exact) mass is 291 g/mol. The molecule has 1 aromatic heterocycles. The van der Waals surface area contributed by atoms with Crippen LogP contribution in [-0.2, 0) is 4.74 Å². The van der Waals surface area contributed by atoms with Crippen molar-refractivity contribution in [2.45, 2.75) is 53.0 Å². The summed E-state index contributed by atoms with van der Waals surface area (Å²) in [7, 11) is 0. The van der Waals surface area contributed by atoms with E-state index in [1.54, 1.807) is 13.1 Å². The maximum absolute atomic E-state index is 11.7. The number of rotatable bonds is 4. The minimum Gasteiger partial charge on any atom is -0.462 e. The van der Waals surface area contributed by atoms with Gasteiger partial charge in [-0.2, -0.15) is 0 Å². The minimum atomic E-state index is -0.360. The van der Waals surface area contributed by atoms with E-state index in [1.807, 2.05) is 6.92 Å². The number of esters is 1. The molecule has 1 aromatic rings. The molecule has 5 nitrogen and oxygen atoms in total. The van der Waals surface area contributed by atoms with Gasteiger partial charge in [0.05, 0.1) is 17.9 Å². The Labute approximate surface area is 126 Å². The highest BCUT2D eigenvalue weighted by molar-refractivity contribution is 5.90. The number of hydrogen-bond acceptors (Lipinski definition) is 5. The molecule has 2 rings (SSSR count). The molecule has 1 saturated carbocycles. The van der Waals surface area contributed by atoms with E-state index in [0.29, 0.717) is 29.9 Å². The lowest BCUT2D eigenvalue weighted by molar-refractivity contribution is 0.0524. The molecule has 0 spiro atoms. The van der Waals surface area contributed by atoms with E-state index >= 15 is 0 Å². The third-order valence-electron chi connectivity index (χ3n) is 3.99. The largest absolute Gasteiger partial charge is 0.462 e. The number of anilines is 1. The molecule has 2 atom stereocenters. The SMILES string of the molecule is CCOC(=O)c1cnc(NC2CC(C)CC(C)C2)nc1C. The zero-order valence-corrected chi connectivity index (χ0v) is 13.3. The minimum absolute atomic E-state index is 0.357. The quantitative estimate of drug-likeness (QED) is 0.863. The maximum Gasteiger partial charge on any atom is 0.341 e. The zero-order chi connectivity index (χ0) is 15.4. The summed E-state index contributed by atoms with van der Waals surface area (Å²) in [6.45, 7) is 8.54. The van der Waals surface area contributed by atoms with Crippen molar-refractivity contribution in [2.24, 2.45) is 11.8 Å². The molecule has 1 aliphatic carbocycles. The summed E-state index contributed by atoms with van der Waals surface area (Å²) in [5.74, 6) is 1.70. The van der Waals surface area contributed by atoms with Crippen LogP contribution in [0.1, 0.15) is 56.1 Å². The lowest BCUT2D eigenvalue weighted by Gasteiger charge is -2.31. The number of nitrogens with zero attached hydrogens (tertiary/aromatic N) is 2. The average Bonchev–Trinajstić information content (AvgIpc) is 2.37. The standard InChI is InChI=1S/C16H25N3O2/c1-5-21-15(20)14-9-17-16(18-12(14)4)19-13-7-10(2)6-11(3)8-13/h9-11,13H,5-8H2,1-4H3,(H,17,18,19). The first kappa shape index (κ1) is 15.7. The Morgan fingerprint density at radius 3 is 2.57 bits per heavy atom. The van der Waals surface area contributed by atoms with Gasteiger partial charge in [0, 0.05) is 12.2 Å². The van der Waals surface area contributed by atoms with E-state index < -0.39 is 0 Å². The Kier molecular flexibility index (Phi) is 5.15. The van der Waals surface area contributed by atoms with E-state index in [2.05, 4.69) is 29.1 Å². The van der Waals surface area contributed by atoms with Gasteiger partial charge in [-0.3, -0.25) is 0 Å². The van der Waals surface area contributed by atoms with Gasteiger partial charge in [0.1, 0.15) is 0 Å². The first-order valence-corrected chi connectivity index (χ1v) is 7.76. The molecule has 2 unspecified atom stereocenters. The van der Waals surface area contributed by atoms with Gasteiger partial charge in [0.2, 0.25) is 5.95 Å². The number of nitrogens with one attached hydrogen (secondary N) is 1. The summed E-state index contributed by atoms with van der Waals surface area (Å²) < 4.78 is 4.99. The number of ether oxygens (including phenoxy) is 1.